The lowest BCUT2D eigenvalue weighted by Gasteiger charge is -2.14. The molecule has 1 aromatic heterocycles. The number of carbonyl (C=O) groups is 1. The highest BCUT2D eigenvalue weighted by molar-refractivity contribution is 5.99. The first kappa shape index (κ1) is 11.9. The fourth-order valence-electron chi connectivity index (χ4n) is 1.45. The van der Waals surface area contributed by atoms with Crippen LogP contribution in [0.3, 0.4) is 0 Å². The molecule has 0 aliphatic rings. The molecule has 0 bridgehead atoms. The van der Waals surface area contributed by atoms with Crippen LogP contribution in [0.5, 0.6) is 0 Å². The largest absolute Gasteiger partial charge is 0.370 e. The van der Waals surface area contributed by atoms with Crippen molar-refractivity contribution >= 4 is 5.78 Å². The van der Waals surface area contributed by atoms with Gasteiger partial charge < -0.3 is 4.74 Å². The molecule has 1 aromatic rings. The van der Waals surface area contributed by atoms with Gasteiger partial charge in [-0.2, -0.15) is 0 Å². The number of hydrogen-bond donors (Lipinski definition) is 0. The molecule has 0 aliphatic heterocycles. The molecule has 15 heavy (non-hydrogen) atoms. The summed E-state index contributed by atoms with van der Waals surface area (Å²) in [5.74, 6) is 0.0341. The normalized spacial score (nSPS) is 12.4. The van der Waals surface area contributed by atoms with Gasteiger partial charge in [0.15, 0.2) is 5.78 Å². The minimum absolute atomic E-state index is 0.0341. The summed E-state index contributed by atoms with van der Waals surface area (Å²) in [6.45, 7) is 4.51. The molecular weight excluding hydrogens is 190 g/mol. The van der Waals surface area contributed by atoms with E-state index in [0.29, 0.717) is 12.2 Å². The molecule has 1 heterocycles. The maximum Gasteiger partial charge on any atom is 0.193 e. The van der Waals surface area contributed by atoms with Gasteiger partial charge in [0.05, 0.1) is 0 Å². The first-order valence-electron chi connectivity index (χ1n) is 5.35. The van der Waals surface area contributed by atoms with E-state index in [-0.39, 0.29) is 11.9 Å². The van der Waals surface area contributed by atoms with Crippen LogP contribution in [0.15, 0.2) is 24.5 Å². The molecule has 3 heteroatoms. The molecule has 1 unspecified atom stereocenters. The van der Waals surface area contributed by atoms with Gasteiger partial charge in [-0.05, 0) is 25.5 Å². The maximum absolute atomic E-state index is 12.0. The summed E-state index contributed by atoms with van der Waals surface area (Å²) < 4.78 is 5.42. The van der Waals surface area contributed by atoms with E-state index in [1.54, 1.807) is 24.5 Å². The number of nitrogens with zero attached hydrogens (tertiary/aromatic N) is 1. The van der Waals surface area contributed by atoms with Crippen molar-refractivity contribution in [1.29, 1.82) is 0 Å². The second kappa shape index (κ2) is 6.30. The first-order chi connectivity index (χ1) is 7.29. The van der Waals surface area contributed by atoms with Crippen LogP contribution in [0.25, 0.3) is 0 Å². The van der Waals surface area contributed by atoms with E-state index in [1.165, 1.54) is 0 Å². The minimum Gasteiger partial charge on any atom is -0.370 e. The zero-order valence-electron chi connectivity index (χ0n) is 9.27. The Balaban J connectivity index is 2.71. The van der Waals surface area contributed by atoms with E-state index >= 15 is 0 Å². The van der Waals surface area contributed by atoms with Gasteiger partial charge in [0.2, 0.25) is 0 Å². The highest BCUT2D eigenvalue weighted by Gasteiger charge is 2.19. The SMILES string of the molecule is CCCC(OCC)C(=O)c1cccnc1. The van der Waals surface area contributed by atoms with E-state index in [4.69, 9.17) is 4.74 Å². The van der Waals surface area contributed by atoms with Crippen molar-refractivity contribution in [2.45, 2.75) is 32.8 Å². The second-order valence-electron chi connectivity index (χ2n) is 3.34. The smallest absolute Gasteiger partial charge is 0.193 e. The van der Waals surface area contributed by atoms with Gasteiger partial charge in [-0.1, -0.05) is 13.3 Å². The van der Waals surface area contributed by atoms with Crippen molar-refractivity contribution in [3.8, 4) is 0 Å². The fourth-order valence-corrected chi connectivity index (χ4v) is 1.45. The number of aromatic nitrogens is 1. The molecule has 0 saturated heterocycles. The fraction of sp³-hybridized carbons (Fsp3) is 0.500. The Morgan fingerprint density at radius 3 is 2.87 bits per heavy atom. The summed E-state index contributed by atoms with van der Waals surface area (Å²) in [6, 6.07) is 3.54. The van der Waals surface area contributed by atoms with Crippen molar-refractivity contribution in [2.75, 3.05) is 6.61 Å². The molecular formula is C12H17NO2. The van der Waals surface area contributed by atoms with E-state index in [2.05, 4.69) is 4.98 Å². The predicted molar refractivity (Wildman–Crippen MR) is 58.9 cm³/mol. The predicted octanol–water partition coefficient (Wildman–Crippen LogP) is 2.47. The summed E-state index contributed by atoms with van der Waals surface area (Å²) in [5, 5.41) is 0. The molecule has 1 rings (SSSR count). The van der Waals surface area contributed by atoms with Crippen LogP contribution in [0, 0.1) is 0 Å². The van der Waals surface area contributed by atoms with Crippen LogP contribution in [-0.4, -0.2) is 23.5 Å². The monoisotopic (exact) mass is 207 g/mol. The number of pyridine rings is 1. The Bertz CT molecular complexity index is 292. The van der Waals surface area contributed by atoms with Crippen molar-refractivity contribution in [3.63, 3.8) is 0 Å². The number of ether oxygens (including phenoxy) is 1. The van der Waals surface area contributed by atoms with Crippen LogP contribution in [0.2, 0.25) is 0 Å². The zero-order valence-corrected chi connectivity index (χ0v) is 9.27. The van der Waals surface area contributed by atoms with E-state index in [9.17, 15) is 4.79 Å². The van der Waals surface area contributed by atoms with Crippen LogP contribution in [-0.2, 0) is 4.74 Å². The van der Waals surface area contributed by atoms with E-state index in [0.717, 1.165) is 12.8 Å². The van der Waals surface area contributed by atoms with Crippen LogP contribution in [0.1, 0.15) is 37.0 Å². The quantitative estimate of drug-likeness (QED) is 0.673. The lowest BCUT2D eigenvalue weighted by molar-refractivity contribution is 0.0423. The number of rotatable bonds is 6. The summed E-state index contributed by atoms with van der Waals surface area (Å²) in [5.41, 5.74) is 0.629. The van der Waals surface area contributed by atoms with Gasteiger partial charge >= 0.3 is 0 Å². The van der Waals surface area contributed by atoms with Gasteiger partial charge in [0.1, 0.15) is 6.10 Å². The highest BCUT2D eigenvalue weighted by Crippen LogP contribution is 2.10. The summed E-state index contributed by atoms with van der Waals surface area (Å²) in [6.07, 6.45) is 4.64. The van der Waals surface area contributed by atoms with Gasteiger partial charge in [-0.15, -0.1) is 0 Å². The third-order valence-electron chi connectivity index (χ3n) is 2.16. The number of ketones is 1. The number of carbonyl (C=O) groups excluding carboxylic acids is 1. The van der Waals surface area contributed by atoms with Gasteiger partial charge in [0.25, 0.3) is 0 Å². The lowest BCUT2D eigenvalue weighted by atomic mass is 10.0. The summed E-state index contributed by atoms with van der Waals surface area (Å²) in [7, 11) is 0. The Hall–Kier alpha value is -1.22. The molecule has 0 saturated carbocycles. The Kier molecular flexibility index (Phi) is 4.98. The molecule has 0 aliphatic carbocycles. The van der Waals surface area contributed by atoms with Crippen molar-refractivity contribution in [1.82, 2.24) is 4.98 Å². The van der Waals surface area contributed by atoms with Crippen molar-refractivity contribution in [3.05, 3.63) is 30.1 Å². The molecule has 0 amide bonds. The molecule has 82 valence electrons. The molecule has 0 N–H and O–H groups in total. The van der Waals surface area contributed by atoms with Crippen molar-refractivity contribution in [2.24, 2.45) is 0 Å². The number of hydrogen-bond acceptors (Lipinski definition) is 3. The Morgan fingerprint density at radius 1 is 1.53 bits per heavy atom. The first-order valence-corrected chi connectivity index (χ1v) is 5.35. The van der Waals surface area contributed by atoms with Gasteiger partial charge in [-0.3, -0.25) is 9.78 Å². The third-order valence-corrected chi connectivity index (χ3v) is 2.16. The van der Waals surface area contributed by atoms with Gasteiger partial charge in [-0.25, -0.2) is 0 Å². The summed E-state index contributed by atoms with van der Waals surface area (Å²) >= 11 is 0. The molecule has 3 nitrogen and oxygen atoms in total. The maximum atomic E-state index is 12.0. The van der Waals surface area contributed by atoms with Crippen LogP contribution < -0.4 is 0 Å². The van der Waals surface area contributed by atoms with E-state index in [1.807, 2.05) is 13.8 Å². The standard InChI is InChI=1S/C12H17NO2/c1-3-6-11(15-4-2)12(14)10-7-5-8-13-9-10/h5,7-9,11H,3-4,6H2,1-2H3. The molecule has 0 radical (unpaired) electrons. The molecule has 0 spiro atoms. The van der Waals surface area contributed by atoms with Crippen molar-refractivity contribution < 1.29 is 9.53 Å². The highest BCUT2D eigenvalue weighted by atomic mass is 16.5. The van der Waals surface area contributed by atoms with E-state index < -0.39 is 0 Å². The van der Waals surface area contributed by atoms with Crippen LogP contribution in [0.4, 0.5) is 0 Å². The number of Topliss-reactive ketones (excluding diaryl/α,β-unsaturated/α-hetero) is 1. The Labute approximate surface area is 90.5 Å². The average Bonchev–Trinajstić information content (AvgIpc) is 2.29. The lowest BCUT2D eigenvalue weighted by Crippen LogP contribution is -2.24. The molecule has 0 aromatic carbocycles. The molecule has 0 fully saturated rings. The summed E-state index contributed by atoms with van der Waals surface area (Å²) in [4.78, 5) is 15.9. The topological polar surface area (TPSA) is 39.2 Å². The minimum atomic E-state index is -0.316. The Morgan fingerprint density at radius 2 is 2.33 bits per heavy atom. The van der Waals surface area contributed by atoms with Gasteiger partial charge in [0, 0.05) is 24.6 Å². The third kappa shape index (κ3) is 3.44. The molecule has 1 atom stereocenters. The zero-order chi connectivity index (χ0) is 11.1. The van der Waals surface area contributed by atoms with Crippen LogP contribution >= 0.6 is 0 Å². The second-order valence-corrected chi connectivity index (χ2v) is 3.34. The average molecular weight is 207 g/mol.